The molecule has 204 valence electrons. The van der Waals surface area contributed by atoms with Crippen LogP contribution in [0.5, 0.6) is 0 Å². The maximum atomic E-state index is 4.83. The Morgan fingerprint density at radius 3 is 2.10 bits per heavy atom. The first-order valence-corrected chi connectivity index (χ1v) is 14.5. The number of aromatic nitrogens is 2. The molecule has 40 heavy (non-hydrogen) atoms. The van der Waals surface area contributed by atoms with Crippen molar-refractivity contribution in [1.29, 1.82) is 0 Å². The molecule has 5 rings (SSSR count). The molecule has 2 nitrogen and oxygen atoms in total. The van der Waals surface area contributed by atoms with Crippen molar-refractivity contribution in [2.24, 2.45) is 7.05 Å². The molecule has 2 heterocycles. The summed E-state index contributed by atoms with van der Waals surface area (Å²) in [7, 11) is 2.18. The summed E-state index contributed by atoms with van der Waals surface area (Å²) >= 11 is 0. The first-order valence-electron chi connectivity index (χ1n) is 14.5. The molecule has 0 radical (unpaired) electrons. The highest BCUT2D eigenvalue weighted by molar-refractivity contribution is 5.76. The third kappa shape index (κ3) is 5.68. The lowest BCUT2D eigenvalue weighted by atomic mass is 9.75. The predicted molar refractivity (Wildman–Crippen MR) is 171 cm³/mol. The van der Waals surface area contributed by atoms with Crippen molar-refractivity contribution in [3.05, 3.63) is 126 Å². The van der Waals surface area contributed by atoms with E-state index in [1.165, 1.54) is 50.2 Å². The summed E-state index contributed by atoms with van der Waals surface area (Å²) in [5.74, 6) is 0. The van der Waals surface area contributed by atoms with E-state index in [1.807, 2.05) is 6.20 Å². The molecular weight excluding hydrogens is 484 g/mol. The molecule has 0 unspecified atom stereocenters. The van der Waals surface area contributed by atoms with E-state index in [4.69, 9.17) is 4.98 Å². The van der Waals surface area contributed by atoms with Crippen LogP contribution >= 0.6 is 0 Å². The summed E-state index contributed by atoms with van der Waals surface area (Å²) in [6.07, 6.45) is 6.22. The van der Waals surface area contributed by atoms with Crippen LogP contribution in [0.1, 0.15) is 63.8 Å². The molecule has 0 saturated heterocycles. The predicted octanol–water partition coefficient (Wildman–Crippen LogP) is 9.80. The molecule has 0 aliphatic heterocycles. The van der Waals surface area contributed by atoms with Crippen molar-refractivity contribution >= 4 is 0 Å². The molecule has 0 N–H and O–H groups in total. The zero-order chi connectivity index (χ0) is 28.5. The van der Waals surface area contributed by atoms with Crippen LogP contribution in [0, 0.1) is 0 Å². The van der Waals surface area contributed by atoms with Crippen LogP contribution in [0.3, 0.4) is 0 Å². The lowest BCUT2D eigenvalue weighted by Crippen LogP contribution is -2.22. The minimum Gasteiger partial charge on any atom is -0.350 e. The van der Waals surface area contributed by atoms with Crippen LogP contribution in [-0.4, -0.2) is 9.55 Å². The third-order valence-electron chi connectivity index (χ3n) is 8.16. The monoisotopic (exact) mass is 526 g/mol. The van der Waals surface area contributed by atoms with Crippen molar-refractivity contribution in [2.75, 3.05) is 0 Å². The van der Waals surface area contributed by atoms with E-state index in [1.54, 1.807) is 0 Å². The number of pyridine rings is 1. The molecule has 0 saturated carbocycles. The van der Waals surface area contributed by atoms with Gasteiger partial charge in [0, 0.05) is 36.3 Å². The van der Waals surface area contributed by atoms with Crippen LogP contribution < -0.4 is 0 Å². The zero-order valence-corrected chi connectivity index (χ0v) is 25.1. The van der Waals surface area contributed by atoms with Gasteiger partial charge in [-0.15, -0.1) is 0 Å². The van der Waals surface area contributed by atoms with Crippen molar-refractivity contribution < 1.29 is 0 Å². The molecule has 0 spiro atoms. The van der Waals surface area contributed by atoms with E-state index >= 15 is 0 Å². The Hall–Kier alpha value is -3.91. The van der Waals surface area contributed by atoms with E-state index < -0.39 is 0 Å². The van der Waals surface area contributed by atoms with Gasteiger partial charge in [0.25, 0.3) is 0 Å². The van der Waals surface area contributed by atoms with E-state index in [-0.39, 0.29) is 10.8 Å². The maximum Gasteiger partial charge on any atom is 0.0704 e. The molecule has 0 amide bonds. The van der Waals surface area contributed by atoms with Crippen LogP contribution in [0.2, 0.25) is 0 Å². The van der Waals surface area contributed by atoms with Crippen LogP contribution in [0.15, 0.2) is 103 Å². The van der Waals surface area contributed by atoms with Crippen LogP contribution in [0.4, 0.5) is 0 Å². The van der Waals surface area contributed by atoms with Crippen molar-refractivity contribution in [3.63, 3.8) is 0 Å². The number of hydrogen-bond acceptors (Lipinski definition) is 1. The largest absolute Gasteiger partial charge is 0.350 e. The van der Waals surface area contributed by atoms with Crippen LogP contribution in [-0.2, 0) is 30.7 Å². The van der Waals surface area contributed by atoms with E-state index in [0.717, 1.165) is 18.5 Å². The highest BCUT2D eigenvalue weighted by atomic mass is 14.9. The fourth-order valence-corrected chi connectivity index (χ4v) is 5.69. The van der Waals surface area contributed by atoms with Gasteiger partial charge in [0.15, 0.2) is 0 Å². The van der Waals surface area contributed by atoms with E-state index in [2.05, 4.69) is 150 Å². The van der Waals surface area contributed by atoms with Gasteiger partial charge in [-0.2, -0.15) is 0 Å². The summed E-state index contributed by atoms with van der Waals surface area (Å²) in [5, 5.41) is 0. The Morgan fingerprint density at radius 1 is 0.725 bits per heavy atom. The molecule has 0 fully saturated rings. The number of rotatable bonds is 7. The number of nitrogens with zero attached hydrogens (tertiary/aromatic N) is 2. The van der Waals surface area contributed by atoms with Gasteiger partial charge >= 0.3 is 0 Å². The Bertz CT molecular complexity index is 1600. The molecule has 0 atom stereocenters. The van der Waals surface area contributed by atoms with Gasteiger partial charge in [0.1, 0.15) is 0 Å². The molecule has 0 bridgehead atoms. The Morgan fingerprint density at radius 2 is 1.45 bits per heavy atom. The summed E-state index contributed by atoms with van der Waals surface area (Å²) in [5.41, 5.74) is 12.6. The summed E-state index contributed by atoms with van der Waals surface area (Å²) < 4.78 is 2.30. The highest BCUT2D eigenvalue weighted by Gasteiger charge is 2.28. The SMILES string of the molecule is CCc1ccc(-c2ccccc2CC(C)(C)c2ccc(-c3ccccc3)cc2-c2cc(C(C)(C)C)cn2C)nc1. The van der Waals surface area contributed by atoms with Crippen molar-refractivity contribution in [2.45, 2.75) is 65.2 Å². The normalized spacial score (nSPS) is 12.1. The zero-order valence-electron chi connectivity index (χ0n) is 25.1. The van der Waals surface area contributed by atoms with Gasteiger partial charge in [-0.05, 0) is 75.3 Å². The second-order valence-corrected chi connectivity index (χ2v) is 12.7. The second-order valence-electron chi connectivity index (χ2n) is 12.7. The first-order chi connectivity index (χ1) is 19.1. The maximum absolute atomic E-state index is 4.83. The quantitative estimate of drug-likeness (QED) is 0.206. The minimum absolute atomic E-state index is 0.0853. The lowest BCUT2D eigenvalue weighted by molar-refractivity contribution is 0.524. The minimum atomic E-state index is -0.115. The molecule has 0 aliphatic carbocycles. The van der Waals surface area contributed by atoms with Gasteiger partial charge in [0.05, 0.1) is 5.69 Å². The fourth-order valence-electron chi connectivity index (χ4n) is 5.69. The number of hydrogen-bond donors (Lipinski definition) is 0. The third-order valence-corrected chi connectivity index (χ3v) is 8.16. The molecule has 2 aromatic heterocycles. The first kappa shape index (κ1) is 27.6. The van der Waals surface area contributed by atoms with Crippen molar-refractivity contribution in [1.82, 2.24) is 9.55 Å². The molecule has 3 aromatic carbocycles. The smallest absolute Gasteiger partial charge is 0.0704 e. The summed E-state index contributed by atoms with van der Waals surface area (Å²) in [6.45, 7) is 13.8. The Kier molecular flexibility index (Phi) is 7.55. The summed E-state index contributed by atoms with van der Waals surface area (Å²) in [6, 6.07) is 33.3. The molecular formula is C38H42N2. The Labute approximate surface area is 240 Å². The Balaban J connectivity index is 1.62. The standard InChI is InChI=1S/C38H42N2/c1-8-27-18-21-35(39-25-27)32-17-13-12-16-30(32)24-38(5,6)34-20-19-29(28-14-10-9-11-15-28)22-33(34)36-23-31(26-40(36)7)37(2,3)4/h9-23,25-26H,8,24H2,1-7H3. The van der Waals surface area contributed by atoms with Gasteiger partial charge in [0.2, 0.25) is 0 Å². The average molecular weight is 527 g/mol. The van der Waals surface area contributed by atoms with Crippen molar-refractivity contribution in [3.8, 4) is 33.6 Å². The molecule has 5 aromatic rings. The van der Waals surface area contributed by atoms with Gasteiger partial charge in [-0.3, -0.25) is 4.98 Å². The highest BCUT2D eigenvalue weighted by Crippen LogP contribution is 2.41. The molecule has 2 heteroatoms. The topological polar surface area (TPSA) is 17.8 Å². The molecule has 0 aliphatic rings. The van der Waals surface area contributed by atoms with E-state index in [9.17, 15) is 0 Å². The number of benzene rings is 3. The van der Waals surface area contributed by atoms with Crippen LogP contribution in [0.25, 0.3) is 33.6 Å². The van der Waals surface area contributed by atoms with Gasteiger partial charge in [-0.1, -0.05) is 114 Å². The second kappa shape index (κ2) is 10.9. The van der Waals surface area contributed by atoms with Gasteiger partial charge < -0.3 is 4.57 Å². The average Bonchev–Trinajstić information content (AvgIpc) is 3.35. The lowest BCUT2D eigenvalue weighted by Gasteiger charge is -2.30. The fraction of sp³-hybridized carbons (Fsp3) is 0.289. The number of aryl methyl sites for hydroxylation is 2. The van der Waals surface area contributed by atoms with Gasteiger partial charge in [-0.25, -0.2) is 0 Å². The van der Waals surface area contributed by atoms with E-state index in [0.29, 0.717) is 0 Å². The summed E-state index contributed by atoms with van der Waals surface area (Å²) in [4.78, 5) is 4.83.